The smallest absolute Gasteiger partial charge is 0.326 e. The van der Waals surface area contributed by atoms with Crippen LogP contribution in [0.5, 0.6) is 0 Å². The Morgan fingerprint density at radius 2 is 2.11 bits per heavy atom. The van der Waals surface area contributed by atoms with Gasteiger partial charge in [-0.25, -0.2) is 9.59 Å². The van der Waals surface area contributed by atoms with Crippen molar-refractivity contribution < 1.29 is 14.7 Å². The number of amides is 2. The van der Waals surface area contributed by atoms with Gasteiger partial charge in [-0.15, -0.1) is 11.3 Å². The van der Waals surface area contributed by atoms with E-state index < -0.39 is 18.0 Å². The molecule has 0 bridgehead atoms. The molecule has 3 N–H and O–H groups in total. The Hall–Kier alpha value is -1.56. The second kappa shape index (κ2) is 6.39. The number of aryl methyl sites for hydroxylation is 1. The first kappa shape index (κ1) is 14.5. The summed E-state index contributed by atoms with van der Waals surface area (Å²) in [5.74, 6) is -1.18. The van der Waals surface area contributed by atoms with Gasteiger partial charge < -0.3 is 15.7 Å². The number of hydrogen-bond acceptors (Lipinski definition) is 3. The van der Waals surface area contributed by atoms with Gasteiger partial charge >= 0.3 is 12.0 Å². The van der Waals surface area contributed by atoms with E-state index in [2.05, 4.69) is 10.6 Å². The molecule has 1 rings (SSSR count). The maximum absolute atomic E-state index is 11.6. The van der Waals surface area contributed by atoms with E-state index in [1.54, 1.807) is 25.2 Å². The van der Waals surface area contributed by atoms with Crippen molar-refractivity contribution in [2.24, 2.45) is 5.92 Å². The fourth-order valence-corrected chi connectivity index (χ4v) is 2.30. The number of thiophene rings is 1. The molecular formula is C12H18N2O3S. The Labute approximate surface area is 110 Å². The highest BCUT2D eigenvalue weighted by atomic mass is 32.1. The standard InChI is InChI=1S/C12H18N2O3S/c1-7(2)10(11(15)16)14-12(17)13-6-9-8(3)4-5-18-9/h4-5,7,10H,6H2,1-3H3,(H,15,16)(H2,13,14,17)/t10-/m0/s1. The third kappa shape index (κ3) is 4.03. The average Bonchev–Trinajstić information content (AvgIpc) is 2.68. The molecule has 0 saturated carbocycles. The van der Waals surface area contributed by atoms with Crippen LogP contribution < -0.4 is 10.6 Å². The molecule has 0 unspecified atom stereocenters. The van der Waals surface area contributed by atoms with Crippen LogP contribution in [0.15, 0.2) is 11.4 Å². The van der Waals surface area contributed by atoms with Crippen molar-refractivity contribution in [1.82, 2.24) is 10.6 Å². The molecule has 1 aromatic rings. The molecule has 6 heteroatoms. The molecule has 1 aromatic heterocycles. The lowest BCUT2D eigenvalue weighted by atomic mass is 10.1. The SMILES string of the molecule is Cc1ccsc1CNC(=O)N[C@H](C(=O)O)C(C)C. The van der Waals surface area contributed by atoms with Crippen LogP contribution in [0.25, 0.3) is 0 Å². The molecule has 100 valence electrons. The molecule has 0 saturated heterocycles. The van der Waals surface area contributed by atoms with E-state index in [-0.39, 0.29) is 5.92 Å². The zero-order chi connectivity index (χ0) is 13.7. The van der Waals surface area contributed by atoms with Crippen molar-refractivity contribution in [3.05, 3.63) is 21.9 Å². The largest absolute Gasteiger partial charge is 0.480 e. The van der Waals surface area contributed by atoms with Crippen molar-refractivity contribution in [1.29, 1.82) is 0 Å². The summed E-state index contributed by atoms with van der Waals surface area (Å²) in [6.07, 6.45) is 0. The Kier molecular flexibility index (Phi) is 5.15. The predicted octanol–water partition coefficient (Wildman–Crippen LogP) is 1.96. The molecule has 0 aliphatic rings. The number of rotatable bonds is 5. The number of carboxylic acids is 1. The molecule has 18 heavy (non-hydrogen) atoms. The Morgan fingerprint density at radius 3 is 2.56 bits per heavy atom. The van der Waals surface area contributed by atoms with Crippen LogP contribution in [0.1, 0.15) is 24.3 Å². The van der Waals surface area contributed by atoms with E-state index in [4.69, 9.17) is 5.11 Å². The van der Waals surface area contributed by atoms with Gasteiger partial charge in [-0.3, -0.25) is 0 Å². The van der Waals surface area contributed by atoms with Gasteiger partial charge in [0, 0.05) is 4.88 Å². The number of aliphatic carboxylic acids is 1. The summed E-state index contributed by atoms with van der Waals surface area (Å²) in [5.41, 5.74) is 1.12. The first-order valence-electron chi connectivity index (χ1n) is 5.72. The lowest BCUT2D eigenvalue weighted by Crippen LogP contribution is -2.48. The second-order valence-electron chi connectivity index (χ2n) is 4.41. The van der Waals surface area contributed by atoms with Gasteiger partial charge in [-0.1, -0.05) is 13.8 Å². The molecule has 0 radical (unpaired) electrons. The number of carboxylic acid groups (broad SMARTS) is 1. The van der Waals surface area contributed by atoms with Crippen molar-refractivity contribution in [2.45, 2.75) is 33.4 Å². The highest BCUT2D eigenvalue weighted by molar-refractivity contribution is 7.10. The minimum Gasteiger partial charge on any atom is -0.480 e. The van der Waals surface area contributed by atoms with Crippen molar-refractivity contribution >= 4 is 23.3 Å². The molecule has 5 nitrogen and oxygen atoms in total. The van der Waals surface area contributed by atoms with Crippen LogP contribution in [-0.4, -0.2) is 23.1 Å². The number of nitrogens with one attached hydrogen (secondary N) is 2. The third-order valence-electron chi connectivity index (χ3n) is 2.60. The quantitative estimate of drug-likeness (QED) is 0.765. The molecule has 1 atom stereocenters. The molecule has 0 aliphatic carbocycles. The molecule has 2 amide bonds. The summed E-state index contributed by atoms with van der Waals surface area (Å²) >= 11 is 1.56. The maximum Gasteiger partial charge on any atom is 0.326 e. The van der Waals surface area contributed by atoms with Gasteiger partial charge in [-0.05, 0) is 29.9 Å². The summed E-state index contributed by atoms with van der Waals surface area (Å²) in [4.78, 5) is 23.6. The Balaban J connectivity index is 2.46. The molecule has 0 fully saturated rings. The molecule has 1 heterocycles. The van der Waals surface area contributed by atoms with Crippen LogP contribution in [-0.2, 0) is 11.3 Å². The van der Waals surface area contributed by atoms with Crippen molar-refractivity contribution in [2.75, 3.05) is 0 Å². The zero-order valence-corrected chi connectivity index (χ0v) is 11.5. The van der Waals surface area contributed by atoms with Gasteiger partial charge in [0.25, 0.3) is 0 Å². The average molecular weight is 270 g/mol. The van der Waals surface area contributed by atoms with Gasteiger partial charge in [0.15, 0.2) is 0 Å². The van der Waals surface area contributed by atoms with Gasteiger partial charge in [0.2, 0.25) is 0 Å². The van der Waals surface area contributed by atoms with E-state index >= 15 is 0 Å². The van der Waals surface area contributed by atoms with E-state index in [9.17, 15) is 9.59 Å². The number of hydrogen-bond donors (Lipinski definition) is 3. The van der Waals surface area contributed by atoms with Crippen LogP contribution in [0.2, 0.25) is 0 Å². The minimum absolute atomic E-state index is 0.156. The fraction of sp³-hybridized carbons (Fsp3) is 0.500. The normalized spacial score (nSPS) is 12.2. The highest BCUT2D eigenvalue weighted by Gasteiger charge is 2.23. The lowest BCUT2D eigenvalue weighted by molar-refractivity contribution is -0.140. The van der Waals surface area contributed by atoms with Crippen molar-refractivity contribution in [3.8, 4) is 0 Å². The number of urea groups is 1. The van der Waals surface area contributed by atoms with E-state index in [0.29, 0.717) is 6.54 Å². The van der Waals surface area contributed by atoms with Crippen LogP contribution in [0.4, 0.5) is 4.79 Å². The highest BCUT2D eigenvalue weighted by Crippen LogP contribution is 2.14. The fourth-order valence-electron chi connectivity index (χ4n) is 1.45. The first-order chi connectivity index (χ1) is 8.41. The Bertz CT molecular complexity index is 429. The van der Waals surface area contributed by atoms with Gasteiger partial charge in [0.1, 0.15) is 6.04 Å². The molecule has 0 aliphatic heterocycles. The van der Waals surface area contributed by atoms with E-state index in [1.165, 1.54) is 0 Å². The van der Waals surface area contributed by atoms with Gasteiger partial charge in [0.05, 0.1) is 6.54 Å². The summed E-state index contributed by atoms with van der Waals surface area (Å²) in [7, 11) is 0. The van der Waals surface area contributed by atoms with Crippen LogP contribution >= 0.6 is 11.3 Å². The summed E-state index contributed by atoms with van der Waals surface area (Å²) in [6, 6.07) is 0.659. The lowest BCUT2D eigenvalue weighted by Gasteiger charge is -2.18. The van der Waals surface area contributed by atoms with Gasteiger partial charge in [-0.2, -0.15) is 0 Å². The topological polar surface area (TPSA) is 78.4 Å². The molecule has 0 aromatic carbocycles. The van der Waals surface area contributed by atoms with E-state index in [0.717, 1.165) is 10.4 Å². The minimum atomic E-state index is -1.02. The van der Waals surface area contributed by atoms with Crippen LogP contribution in [0, 0.1) is 12.8 Å². The Morgan fingerprint density at radius 1 is 1.44 bits per heavy atom. The van der Waals surface area contributed by atoms with E-state index in [1.807, 2.05) is 18.4 Å². The summed E-state index contributed by atoms with van der Waals surface area (Å²) < 4.78 is 0. The zero-order valence-electron chi connectivity index (χ0n) is 10.7. The second-order valence-corrected chi connectivity index (χ2v) is 5.41. The number of carbonyl (C=O) groups excluding carboxylic acids is 1. The first-order valence-corrected chi connectivity index (χ1v) is 6.60. The predicted molar refractivity (Wildman–Crippen MR) is 70.7 cm³/mol. The monoisotopic (exact) mass is 270 g/mol. The van der Waals surface area contributed by atoms with Crippen LogP contribution in [0.3, 0.4) is 0 Å². The summed E-state index contributed by atoms with van der Waals surface area (Å²) in [6.45, 7) is 5.89. The maximum atomic E-state index is 11.6. The molecule has 0 spiro atoms. The van der Waals surface area contributed by atoms with Crippen molar-refractivity contribution in [3.63, 3.8) is 0 Å². The molecular weight excluding hydrogens is 252 g/mol. The number of carbonyl (C=O) groups is 2. The summed E-state index contributed by atoms with van der Waals surface area (Å²) in [5, 5.41) is 16.0. The third-order valence-corrected chi connectivity index (χ3v) is 3.62.